The quantitative estimate of drug-likeness (QED) is 0.654. The van der Waals surface area contributed by atoms with Crippen molar-refractivity contribution in [3.8, 4) is 0 Å². The van der Waals surface area contributed by atoms with Gasteiger partial charge in [-0.25, -0.2) is 0 Å². The molecular formula is C23H27N3O. The number of carbonyl (C=O) groups is 1. The number of aromatic nitrogens is 2. The molecule has 0 bridgehead atoms. The van der Waals surface area contributed by atoms with Gasteiger partial charge >= 0.3 is 0 Å². The molecule has 1 aliphatic rings. The molecule has 2 aromatic heterocycles. The summed E-state index contributed by atoms with van der Waals surface area (Å²) in [5.41, 5.74) is 3.54. The predicted octanol–water partition coefficient (Wildman–Crippen LogP) is 4.93. The van der Waals surface area contributed by atoms with Crippen molar-refractivity contribution in [1.82, 2.24) is 15.3 Å². The average molecular weight is 361 g/mol. The van der Waals surface area contributed by atoms with Gasteiger partial charge in [0, 0.05) is 42.5 Å². The van der Waals surface area contributed by atoms with Crippen LogP contribution in [0.25, 0.3) is 10.9 Å². The maximum Gasteiger partial charge on any atom is 0.220 e. The fourth-order valence-corrected chi connectivity index (χ4v) is 4.44. The second kappa shape index (κ2) is 8.38. The number of fused-ring (bicyclic) bond motifs is 1. The zero-order valence-electron chi connectivity index (χ0n) is 15.7. The molecule has 1 amide bonds. The van der Waals surface area contributed by atoms with Gasteiger partial charge in [-0.05, 0) is 54.0 Å². The fraction of sp³-hybridized carbons (Fsp3) is 0.391. The summed E-state index contributed by atoms with van der Waals surface area (Å²) in [6.45, 7) is 0.562. The molecule has 27 heavy (non-hydrogen) atoms. The van der Waals surface area contributed by atoms with Gasteiger partial charge in [-0.2, -0.15) is 0 Å². The van der Waals surface area contributed by atoms with Crippen molar-refractivity contribution >= 4 is 16.8 Å². The Balaban J connectivity index is 1.52. The van der Waals surface area contributed by atoms with E-state index in [0.29, 0.717) is 18.9 Å². The van der Waals surface area contributed by atoms with E-state index in [2.05, 4.69) is 45.7 Å². The molecule has 1 aliphatic carbocycles. The third-order valence-corrected chi connectivity index (χ3v) is 5.88. The minimum absolute atomic E-state index is 0.132. The number of pyridine rings is 1. The van der Waals surface area contributed by atoms with Crippen molar-refractivity contribution in [1.29, 1.82) is 0 Å². The van der Waals surface area contributed by atoms with Gasteiger partial charge in [-0.15, -0.1) is 0 Å². The normalized spacial score (nSPS) is 16.3. The summed E-state index contributed by atoms with van der Waals surface area (Å²) in [6.07, 6.45) is 12.5. The maximum atomic E-state index is 12.8. The number of carbonyl (C=O) groups excluding carboxylic acids is 1. The summed E-state index contributed by atoms with van der Waals surface area (Å²) in [5.74, 6) is 0.996. The Labute approximate surface area is 160 Å². The van der Waals surface area contributed by atoms with E-state index >= 15 is 0 Å². The fourth-order valence-electron chi connectivity index (χ4n) is 4.44. The molecule has 0 spiro atoms. The number of amides is 1. The minimum atomic E-state index is 0.132. The highest BCUT2D eigenvalue weighted by atomic mass is 16.1. The van der Waals surface area contributed by atoms with Crippen LogP contribution in [0.3, 0.4) is 0 Å². The molecule has 4 rings (SSSR count). The molecule has 2 heterocycles. The summed E-state index contributed by atoms with van der Waals surface area (Å²) >= 11 is 0. The lowest BCUT2D eigenvalue weighted by Gasteiger charge is -2.30. The number of nitrogens with zero attached hydrogens (tertiary/aromatic N) is 1. The smallest absolute Gasteiger partial charge is 0.220 e. The second-order valence-electron chi connectivity index (χ2n) is 7.63. The van der Waals surface area contributed by atoms with E-state index in [1.165, 1.54) is 43.1 Å². The van der Waals surface area contributed by atoms with Gasteiger partial charge in [0.2, 0.25) is 5.91 Å². The first-order valence-electron chi connectivity index (χ1n) is 10.0. The van der Waals surface area contributed by atoms with E-state index in [9.17, 15) is 4.79 Å². The SMILES string of the molecule is O=C(C[C@H](c1c[nH]c2ccccc12)C1CCCCC1)NCc1ccncc1. The molecule has 0 saturated heterocycles. The zero-order valence-corrected chi connectivity index (χ0v) is 15.7. The first kappa shape index (κ1) is 17.8. The molecule has 0 unspecified atom stereocenters. The Morgan fingerprint density at radius 3 is 2.70 bits per heavy atom. The molecule has 140 valence electrons. The lowest BCUT2D eigenvalue weighted by molar-refractivity contribution is -0.122. The summed E-state index contributed by atoms with van der Waals surface area (Å²) in [5, 5.41) is 4.36. The number of para-hydroxylation sites is 1. The topological polar surface area (TPSA) is 57.8 Å². The van der Waals surface area contributed by atoms with Crippen molar-refractivity contribution in [2.24, 2.45) is 5.92 Å². The largest absolute Gasteiger partial charge is 0.361 e. The highest BCUT2D eigenvalue weighted by Crippen LogP contribution is 2.40. The van der Waals surface area contributed by atoms with Crippen LogP contribution in [0.4, 0.5) is 0 Å². The maximum absolute atomic E-state index is 12.8. The van der Waals surface area contributed by atoms with Gasteiger partial charge in [0.15, 0.2) is 0 Å². The molecule has 2 N–H and O–H groups in total. The number of nitrogens with one attached hydrogen (secondary N) is 2. The summed E-state index contributed by atoms with van der Waals surface area (Å²) in [6, 6.07) is 12.3. The van der Waals surface area contributed by atoms with Gasteiger partial charge in [-0.1, -0.05) is 37.5 Å². The molecule has 0 aliphatic heterocycles. The van der Waals surface area contributed by atoms with Crippen LogP contribution >= 0.6 is 0 Å². The van der Waals surface area contributed by atoms with Crippen LogP contribution in [0.15, 0.2) is 55.0 Å². The Morgan fingerprint density at radius 1 is 1.11 bits per heavy atom. The Bertz CT molecular complexity index is 881. The summed E-state index contributed by atoms with van der Waals surface area (Å²) in [4.78, 5) is 20.2. The molecule has 1 saturated carbocycles. The summed E-state index contributed by atoms with van der Waals surface area (Å²) in [7, 11) is 0. The van der Waals surface area contributed by atoms with Crippen molar-refractivity contribution in [2.75, 3.05) is 0 Å². The van der Waals surface area contributed by atoms with Crippen molar-refractivity contribution in [3.05, 3.63) is 66.1 Å². The van der Waals surface area contributed by atoms with E-state index in [1.54, 1.807) is 12.4 Å². The third kappa shape index (κ3) is 4.21. The van der Waals surface area contributed by atoms with Crippen LogP contribution in [0, 0.1) is 5.92 Å². The number of hydrogen-bond donors (Lipinski definition) is 2. The molecule has 0 radical (unpaired) electrons. The highest BCUT2D eigenvalue weighted by molar-refractivity contribution is 5.85. The van der Waals surface area contributed by atoms with Gasteiger partial charge in [-0.3, -0.25) is 9.78 Å². The van der Waals surface area contributed by atoms with E-state index in [4.69, 9.17) is 0 Å². The van der Waals surface area contributed by atoms with Crippen molar-refractivity contribution < 1.29 is 4.79 Å². The van der Waals surface area contributed by atoms with E-state index in [0.717, 1.165) is 11.1 Å². The number of aromatic amines is 1. The lowest BCUT2D eigenvalue weighted by Crippen LogP contribution is -2.27. The monoisotopic (exact) mass is 361 g/mol. The minimum Gasteiger partial charge on any atom is -0.361 e. The first-order valence-corrected chi connectivity index (χ1v) is 10.0. The first-order chi connectivity index (χ1) is 13.3. The Hall–Kier alpha value is -2.62. The summed E-state index contributed by atoms with van der Waals surface area (Å²) < 4.78 is 0. The van der Waals surface area contributed by atoms with Crippen LogP contribution in [-0.2, 0) is 11.3 Å². The molecule has 1 fully saturated rings. The zero-order chi connectivity index (χ0) is 18.5. The van der Waals surface area contributed by atoms with Crippen molar-refractivity contribution in [2.45, 2.75) is 51.0 Å². The second-order valence-corrected chi connectivity index (χ2v) is 7.63. The number of rotatable bonds is 6. The van der Waals surface area contributed by atoms with Gasteiger partial charge in [0.05, 0.1) is 0 Å². The third-order valence-electron chi connectivity index (χ3n) is 5.88. The van der Waals surface area contributed by atoms with Crippen molar-refractivity contribution in [3.63, 3.8) is 0 Å². The number of H-pyrrole nitrogens is 1. The van der Waals surface area contributed by atoms with Gasteiger partial charge in [0.25, 0.3) is 0 Å². The van der Waals surface area contributed by atoms with Crippen LogP contribution in [0.2, 0.25) is 0 Å². The lowest BCUT2D eigenvalue weighted by atomic mass is 9.75. The average Bonchev–Trinajstić information content (AvgIpc) is 3.16. The van der Waals surface area contributed by atoms with Crippen LogP contribution < -0.4 is 5.32 Å². The van der Waals surface area contributed by atoms with E-state index < -0.39 is 0 Å². The number of hydrogen-bond acceptors (Lipinski definition) is 2. The Kier molecular flexibility index (Phi) is 5.52. The highest BCUT2D eigenvalue weighted by Gasteiger charge is 2.28. The van der Waals surface area contributed by atoms with Crippen LogP contribution in [-0.4, -0.2) is 15.9 Å². The molecule has 1 aromatic carbocycles. The van der Waals surface area contributed by atoms with E-state index in [-0.39, 0.29) is 11.8 Å². The molecular weight excluding hydrogens is 334 g/mol. The van der Waals surface area contributed by atoms with Crippen LogP contribution in [0.1, 0.15) is 55.6 Å². The Morgan fingerprint density at radius 2 is 1.89 bits per heavy atom. The van der Waals surface area contributed by atoms with Gasteiger partial charge in [0.1, 0.15) is 0 Å². The molecule has 4 nitrogen and oxygen atoms in total. The van der Waals surface area contributed by atoms with Gasteiger partial charge < -0.3 is 10.3 Å². The number of benzene rings is 1. The predicted molar refractivity (Wildman–Crippen MR) is 108 cm³/mol. The molecule has 1 atom stereocenters. The van der Waals surface area contributed by atoms with Crippen LogP contribution in [0.5, 0.6) is 0 Å². The van der Waals surface area contributed by atoms with E-state index in [1.807, 2.05) is 12.1 Å². The standard InChI is InChI=1S/C23H27N3O/c27-23(26-15-17-10-12-24-13-11-17)14-20(18-6-2-1-3-7-18)21-16-25-22-9-5-4-8-19(21)22/h4-5,8-13,16,18,20,25H,1-3,6-7,14-15H2,(H,26,27)/t20-/m0/s1. The molecule has 4 heteroatoms. The molecule has 3 aromatic rings.